The van der Waals surface area contributed by atoms with E-state index in [1.54, 1.807) is 6.33 Å². The van der Waals surface area contributed by atoms with Gasteiger partial charge in [0.25, 0.3) is 6.43 Å². The SMILES string of the molecule is Cn1cnc2c(N3CCC(CC(=O)NCC(F)F)CC3)ncnc21. The summed E-state index contributed by atoms with van der Waals surface area (Å²) in [5.41, 5.74) is 1.56. The summed E-state index contributed by atoms with van der Waals surface area (Å²) in [4.78, 5) is 26.7. The van der Waals surface area contributed by atoms with E-state index < -0.39 is 13.0 Å². The molecule has 3 rings (SSSR count). The van der Waals surface area contributed by atoms with Crippen LogP contribution >= 0.6 is 0 Å². The van der Waals surface area contributed by atoms with Gasteiger partial charge in [-0.1, -0.05) is 0 Å². The van der Waals surface area contributed by atoms with Crippen LogP contribution in [0, 0.1) is 5.92 Å². The molecule has 9 heteroatoms. The fraction of sp³-hybridized carbons (Fsp3) is 0.600. The topological polar surface area (TPSA) is 75.9 Å². The molecular formula is C15H20F2N6O. The molecule has 0 saturated carbocycles. The summed E-state index contributed by atoms with van der Waals surface area (Å²) in [7, 11) is 1.89. The van der Waals surface area contributed by atoms with Gasteiger partial charge in [0.05, 0.1) is 12.9 Å². The first-order valence-corrected chi connectivity index (χ1v) is 7.96. The zero-order valence-corrected chi connectivity index (χ0v) is 13.5. The van der Waals surface area contributed by atoms with Crippen molar-refractivity contribution in [1.29, 1.82) is 0 Å². The second kappa shape index (κ2) is 7.06. The highest BCUT2D eigenvalue weighted by atomic mass is 19.3. The first-order chi connectivity index (χ1) is 11.5. The first kappa shape index (κ1) is 16.5. The number of halogens is 2. The summed E-state index contributed by atoms with van der Waals surface area (Å²) in [6.45, 7) is 0.946. The van der Waals surface area contributed by atoms with Crippen LogP contribution in [0.3, 0.4) is 0 Å². The minimum absolute atomic E-state index is 0.208. The molecule has 0 aliphatic carbocycles. The van der Waals surface area contributed by atoms with E-state index in [1.165, 1.54) is 6.33 Å². The van der Waals surface area contributed by atoms with Crippen molar-refractivity contribution in [2.75, 3.05) is 24.5 Å². The Labute approximate surface area is 138 Å². The van der Waals surface area contributed by atoms with Gasteiger partial charge in [0.2, 0.25) is 5.91 Å². The normalized spacial score (nSPS) is 16.1. The fourth-order valence-electron chi connectivity index (χ4n) is 3.04. The highest BCUT2D eigenvalue weighted by Gasteiger charge is 2.24. The molecule has 0 radical (unpaired) electrons. The van der Waals surface area contributed by atoms with E-state index in [0.29, 0.717) is 6.42 Å². The Morgan fingerprint density at radius 1 is 1.33 bits per heavy atom. The predicted molar refractivity (Wildman–Crippen MR) is 84.9 cm³/mol. The summed E-state index contributed by atoms with van der Waals surface area (Å²) < 4.78 is 26.0. The Morgan fingerprint density at radius 2 is 2.08 bits per heavy atom. The van der Waals surface area contributed by atoms with Crippen molar-refractivity contribution < 1.29 is 13.6 Å². The maximum absolute atomic E-state index is 12.1. The van der Waals surface area contributed by atoms with Crippen LogP contribution in [0.2, 0.25) is 0 Å². The Balaban J connectivity index is 1.58. The fourth-order valence-corrected chi connectivity index (χ4v) is 3.04. The smallest absolute Gasteiger partial charge is 0.255 e. The standard InChI is InChI=1S/C15H20F2N6O/c1-22-9-21-13-14(22)19-8-20-15(13)23-4-2-10(3-5-23)6-12(24)18-7-11(16)17/h8-11H,2-7H2,1H3,(H,18,24). The molecule has 7 nitrogen and oxygen atoms in total. The van der Waals surface area contributed by atoms with Gasteiger partial charge < -0.3 is 14.8 Å². The molecule has 0 unspecified atom stereocenters. The quantitative estimate of drug-likeness (QED) is 0.891. The number of hydrogen-bond acceptors (Lipinski definition) is 5. The van der Waals surface area contributed by atoms with E-state index in [1.807, 2.05) is 11.6 Å². The van der Waals surface area contributed by atoms with E-state index in [0.717, 1.165) is 42.9 Å². The van der Waals surface area contributed by atoms with Gasteiger partial charge in [0.15, 0.2) is 17.0 Å². The molecule has 1 aliphatic rings. The number of imidazole rings is 1. The number of fused-ring (bicyclic) bond motifs is 1. The summed E-state index contributed by atoms with van der Waals surface area (Å²) in [6, 6.07) is 0. The highest BCUT2D eigenvalue weighted by Crippen LogP contribution is 2.27. The maximum Gasteiger partial charge on any atom is 0.255 e. The zero-order chi connectivity index (χ0) is 17.1. The molecule has 1 saturated heterocycles. The molecule has 1 N–H and O–H groups in total. The molecule has 0 aromatic carbocycles. The van der Waals surface area contributed by atoms with E-state index in [2.05, 4.69) is 25.2 Å². The van der Waals surface area contributed by atoms with E-state index in [9.17, 15) is 13.6 Å². The van der Waals surface area contributed by atoms with Crippen LogP contribution in [0.5, 0.6) is 0 Å². The average molecular weight is 338 g/mol. The second-order valence-electron chi connectivity index (χ2n) is 6.05. The third-order valence-electron chi connectivity index (χ3n) is 4.32. The van der Waals surface area contributed by atoms with Gasteiger partial charge in [0, 0.05) is 26.6 Å². The van der Waals surface area contributed by atoms with Gasteiger partial charge in [0.1, 0.15) is 6.33 Å². The molecular weight excluding hydrogens is 318 g/mol. The van der Waals surface area contributed by atoms with Crippen LogP contribution < -0.4 is 10.2 Å². The van der Waals surface area contributed by atoms with Gasteiger partial charge in [-0.2, -0.15) is 0 Å². The largest absolute Gasteiger partial charge is 0.355 e. The van der Waals surface area contributed by atoms with Crippen LogP contribution in [-0.2, 0) is 11.8 Å². The molecule has 1 fully saturated rings. The van der Waals surface area contributed by atoms with Crippen molar-refractivity contribution >= 4 is 22.9 Å². The third kappa shape index (κ3) is 3.60. The van der Waals surface area contributed by atoms with Crippen molar-refractivity contribution in [3.63, 3.8) is 0 Å². The molecule has 0 spiro atoms. The van der Waals surface area contributed by atoms with Crippen LogP contribution in [0.15, 0.2) is 12.7 Å². The second-order valence-corrected chi connectivity index (χ2v) is 6.05. The summed E-state index contributed by atoms with van der Waals surface area (Å²) in [5.74, 6) is 0.712. The highest BCUT2D eigenvalue weighted by molar-refractivity contribution is 5.83. The number of alkyl halides is 2. The van der Waals surface area contributed by atoms with E-state index in [4.69, 9.17) is 0 Å². The minimum atomic E-state index is -2.51. The maximum atomic E-state index is 12.1. The first-order valence-electron chi connectivity index (χ1n) is 7.96. The number of rotatable bonds is 5. The number of nitrogens with one attached hydrogen (secondary N) is 1. The predicted octanol–water partition coefficient (Wildman–Crippen LogP) is 1.35. The lowest BCUT2D eigenvalue weighted by atomic mass is 9.93. The van der Waals surface area contributed by atoms with E-state index in [-0.39, 0.29) is 11.8 Å². The number of nitrogens with zero attached hydrogens (tertiary/aromatic N) is 5. The number of carbonyl (C=O) groups is 1. The van der Waals surface area contributed by atoms with Crippen molar-refractivity contribution in [1.82, 2.24) is 24.8 Å². The lowest BCUT2D eigenvalue weighted by Gasteiger charge is -2.32. The number of piperidine rings is 1. The van der Waals surface area contributed by atoms with Gasteiger partial charge in [-0.3, -0.25) is 4.79 Å². The Hall–Kier alpha value is -2.32. The van der Waals surface area contributed by atoms with Crippen LogP contribution in [0.4, 0.5) is 14.6 Å². The lowest BCUT2D eigenvalue weighted by Crippen LogP contribution is -2.37. The average Bonchev–Trinajstić information content (AvgIpc) is 2.95. The van der Waals surface area contributed by atoms with Crippen LogP contribution in [-0.4, -0.2) is 51.5 Å². The molecule has 2 aromatic heterocycles. The van der Waals surface area contributed by atoms with Gasteiger partial charge >= 0.3 is 0 Å². The Morgan fingerprint density at radius 3 is 2.79 bits per heavy atom. The van der Waals surface area contributed by atoms with Gasteiger partial charge in [-0.25, -0.2) is 23.7 Å². The molecule has 1 amide bonds. The molecule has 2 aromatic rings. The van der Waals surface area contributed by atoms with Gasteiger partial charge in [-0.15, -0.1) is 0 Å². The Kier molecular flexibility index (Phi) is 4.86. The molecule has 24 heavy (non-hydrogen) atoms. The number of aromatic nitrogens is 4. The molecule has 1 aliphatic heterocycles. The number of carbonyl (C=O) groups excluding carboxylic acids is 1. The monoisotopic (exact) mass is 338 g/mol. The zero-order valence-electron chi connectivity index (χ0n) is 13.5. The van der Waals surface area contributed by atoms with Gasteiger partial charge in [-0.05, 0) is 18.8 Å². The molecule has 0 bridgehead atoms. The van der Waals surface area contributed by atoms with Crippen LogP contribution in [0.1, 0.15) is 19.3 Å². The third-order valence-corrected chi connectivity index (χ3v) is 4.32. The number of anilines is 1. The number of hydrogen-bond donors (Lipinski definition) is 1. The molecule has 0 atom stereocenters. The lowest BCUT2D eigenvalue weighted by molar-refractivity contribution is -0.122. The van der Waals surface area contributed by atoms with Crippen LogP contribution in [0.25, 0.3) is 11.2 Å². The number of amides is 1. The van der Waals surface area contributed by atoms with Crippen molar-refractivity contribution in [3.8, 4) is 0 Å². The van der Waals surface area contributed by atoms with Crippen molar-refractivity contribution in [2.45, 2.75) is 25.7 Å². The van der Waals surface area contributed by atoms with Crippen molar-refractivity contribution in [2.24, 2.45) is 13.0 Å². The minimum Gasteiger partial charge on any atom is -0.355 e. The summed E-state index contributed by atoms with van der Waals surface area (Å²) in [5, 5.41) is 2.26. The van der Waals surface area contributed by atoms with E-state index >= 15 is 0 Å². The Bertz CT molecular complexity index is 711. The van der Waals surface area contributed by atoms with Crippen molar-refractivity contribution in [3.05, 3.63) is 12.7 Å². The molecule has 130 valence electrons. The number of aryl methyl sites for hydroxylation is 1. The summed E-state index contributed by atoms with van der Waals surface area (Å²) >= 11 is 0. The summed E-state index contributed by atoms with van der Waals surface area (Å²) in [6.07, 6.45) is 2.67. The molecule has 3 heterocycles.